The Morgan fingerprint density at radius 2 is 1.82 bits per heavy atom. The third kappa shape index (κ3) is 2.96. The first-order valence-corrected chi connectivity index (χ1v) is 7.75. The summed E-state index contributed by atoms with van der Waals surface area (Å²) < 4.78 is 14.8. The van der Waals surface area contributed by atoms with Crippen molar-refractivity contribution in [1.82, 2.24) is 14.8 Å². The highest BCUT2D eigenvalue weighted by Gasteiger charge is 2.13. The molecule has 0 spiro atoms. The molecule has 1 aromatic heterocycles. The van der Waals surface area contributed by atoms with Crippen molar-refractivity contribution in [3.05, 3.63) is 59.9 Å². The Kier molecular flexibility index (Phi) is 4.11. The van der Waals surface area contributed by atoms with E-state index in [1.165, 1.54) is 12.1 Å². The zero-order valence-electron chi connectivity index (χ0n) is 12.0. The number of hydrogen-bond donors (Lipinski definition) is 1. The molecule has 1 heterocycles. The molecule has 0 aliphatic rings. The molecule has 0 aliphatic heterocycles. The minimum atomic E-state index is -0.228. The fourth-order valence-electron chi connectivity index (χ4n) is 2.10. The smallest absolute Gasteiger partial charge is 0.191 e. The number of nitrogens with two attached hydrogens (primary N) is 1. The predicted molar refractivity (Wildman–Crippen MR) is 86.8 cm³/mol. The molecule has 2 N–H and O–H groups in total. The van der Waals surface area contributed by atoms with Gasteiger partial charge in [0, 0.05) is 24.1 Å². The third-order valence-electron chi connectivity index (χ3n) is 3.32. The van der Waals surface area contributed by atoms with E-state index in [0.29, 0.717) is 11.4 Å². The number of anilines is 1. The topological polar surface area (TPSA) is 56.7 Å². The summed E-state index contributed by atoms with van der Waals surface area (Å²) in [4.78, 5) is 0. The highest BCUT2D eigenvalue weighted by Crippen LogP contribution is 2.28. The van der Waals surface area contributed by atoms with Crippen LogP contribution in [0.25, 0.3) is 11.4 Å². The van der Waals surface area contributed by atoms with Gasteiger partial charge in [-0.25, -0.2) is 4.39 Å². The maximum absolute atomic E-state index is 12.9. The molecule has 6 heteroatoms. The SMILES string of the molecule is Cn1c(SCc2ccc(F)cc2)nnc1-c1ccccc1N. The van der Waals surface area contributed by atoms with E-state index in [4.69, 9.17) is 5.73 Å². The lowest BCUT2D eigenvalue weighted by atomic mass is 10.2. The minimum absolute atomic E-state index is 0.228. The maximum Gasteiger partial charge on any atom is 0.191 e. The van der Waals surface area contributed by atoms with Crippen LogP contribution in [0.5, 0.6) is 0 Å². The first-order valence-electron chi connectivity index (χ1n) is 6.76. The molecule has 0 unspecified atom stereocenters. The number of nitrogen functional groups attached to an aromatic ring is 1. The van der Waals surface area contributed by atoms with Crippen LogP contribution in [0.15, 0.2) is 53.7 Å². The van der Waals surface area contributed by atoms with Crippen LogP contribution in [-0.2, 0) is 12.8 Å². The van der Waals surface area contributed by atoms with Gasteiger partial charge in [0.15, 0.2) is 11.0 Å². The second kappa shape index (κ2) is 6.19. The van der Waals surface area contributed by atoms with Crippen molar-refractivity contribution in [2.45, 2.75) is 10.9 Å². The Labute approximate surface area is 132 Å². The molecule has 0 saturated heterocycles. The normalized spacial score (nSPS) is 10.8. The first-order chi connectivity index (χ1) is 10.6. The summed E-state index contributed by atoms with van der Waals surface area (Å²) in [5.74, 6) is 1.21. The lowest BCUT2D eigenvalue weighted by molar-refractivity contribution is 0.627. The van der Waals surface area contributed by atoms with Crippen LogP contribution >= 0.6 is 11.8 Å². The van der Waals surface area contributed by atoms with Crippen LogP contribution in [0.4, 0.5) is 10.1 Å². The third-order valence-corrected chi connectivity index (χ3v) is 4.41. The van der Waals surface area contributed by atoms with Crippen molar-refractivity contribution in [2.24, 2.45) is 7.05 Å². The lowest BCUT2D eigenvalue weighted by Crippen LogP contribution is -1.98. The zero-order chi connectivity index (χ0) is 15.5. The summed E-state index contributed by atoms with van der Waals surface area (Å²) in [6, 6.07) is 14.0. The van der Waals surface area contributed by atoms with Gasteiger partial charge in [-0.15, -0.1) is 10.2 Å². The van der Waals surface area contributed by atoms with E-state index in [-0.39, 0.29) is 5.82 Å². The molecular weight excluding hydrogens is 299 g/mol. The van der Waals surface area contributed by atoms with Gasteiger partial charge in [0.1, 0.15) is 5.82 Å². The Bertz CT molecular complexity index is 783. The fraction of sp³-hybridized carbons (Fsp3) is 0.125. The summed E-state index contributed by atoms with van der Waals surface area (Å²) in [5, 5.41) is 9.23. The molecule has 3 rings (SSSR count). The molecule has 0 atom stereocenters. The lowest BCUT2D eigenvalue weighted by Gasteiger charge is -2.06. The number of aromatic nitrogens is 3. The molecule has 112 valence electrons. The van der Waals surface area contributed by atoms with Gasteiger partial charge in [-0.1, -0.05) is 36.0 Å². The molecule has 4 nitrogen and oxygen atoms in total. The van der Waals surface area contributed by atoms with Gasteiger partial charge in [-0.05, 0) is 29.8 Å². The Hall–Kier alpha value is -2.34. The Morgan fingerprint density at radius 3 is 2.55 bits per heavy atom. The van der Waals surface area contributed by atoms with E-state index in [9.17, 15) is 4.39 Å². The molecule has 0 aliphatic carbocycles. The molecule has 0 bridgehead atoms. The average Bonchev–Trinajstić information content (AvgIpc) is 2.88. The first kappa shape index (κ1) is 14.6. The zero-order valence-corrected chi connectivity index (χ0v) is 12.8. The molecule has 3 aromatic rings. The number of rotatable bonds is 4. The van der Waals surface area contributed by atoms with Crippen LogP contribution in [-0.4, -0.2) is 14.8 Å². The van der Waals surface area contributed by atoms with E-state index in [1.54, 1.807) is 23.9 Å². The number of thioether (sulfide) groups is 1. The van der Waals surface area contributed by atoms with E-state index in [0.717, 1.165) is 22.1 Å². The summed E-state index contributed by atoms with van der Waals surface area (Å²) in [6.07, 6.45) is 0. The second-order valence-corrected chi connectivity index (χ2v) is 5.81. The summed E-state index contributed by atoms with van der Waals surface area (Å²) in [7, 11) is 1.91. The van der Waals surface area contributed by atoms with Crippen molar-refractivity contribution in [3.8, 4) is 11.4 Å². The van der Waals surface area contributed by atoms with Gasteiger partial charge in [0.25, 0.3) is 0 Å². The van der Waals surface area contributed by atoms with Crippen molar-refractivity contribution in [2.75, 3.05) is 5.73 Å². The molecule has 2 aromatic carbocycles. The fourth-order valence-corrected chi connectivity index (χ4v) is 2.97. The van der Waals surface area contributed by atoms with Gasteiger partial charge in [0.2, 0.25) is 0 Å². The van der Waals surface area contributed by atoms with Crippen LogP contribution in [0.2, 0.25) is 0 Å². The van der Waals surface area contributed by atoms with E-state index < -0.39 is 0 Å². The van der Waals surface area contributed by atoms with Crippen LogP contribution in [0, 0.1) is 5.82 Å². The summed E-state index contributed by atoms with van der Waals surface area (Å²) >= 11 is 1.55. The number of benzene rings is 2. The Morgan fingerprint density at radius 1 is 1.09 bits per heavy atom. The van der Waals surface area contributed by atoms with Gasteiger partial charge in [-0.3, -0.25) is 0 Å². The number of hydrogen-bond acceptors (Lipinski definition) is 4. The van der Waals surface area contributed by atoms with Crippen molar-refractivity contribution < 1.29 is 4.39 Å². The quantitative estimate of drug-likeness (QED) is 0.591. The standard InChI is InChI=1S/C16H15FN4S/c1-21-15(13-4-2-3-5-14(13)18)19-20-16(21)22-10-11-6-8-12(17)9-7-11/h2-9H,10,18H2,1H3. The summed E-state index contributed by atoms with van der Waals surface area (Å²) in [5.41, 5.74) is 8.56. The van der Waals surface area contributed by atoms with Gasteiger partial charge < -0.3 is 10.3 Å². The number of halogens is 1. The van der Waals surface area contributed by atoms with Crippen LogP contribution < -0.4 is 5.73 Å². The van der Waals surface area contributed by atoms with Crippen LogP contribution in [0.1, 0.15) is 5.56 Å². The van der Waals surface area contributed by atoms with Crippen molar-refractivity contribution >= 4 is 17.4 Å². The molecule has 0 amide bonds. The van der Waals surface area contributed by atoms with Gasteiger partial charge in [-0.2, -0.15) is 0 Å². The molecule has 0 fully saturated rings. The molecule has 22 heavy (non-hydrogen) atoms. The van der Waals surface area contributed by atoms with Gasteiger partial charge >= 0.3 is 0 Å². The van der Waals surface area contributed by atoms with E-state index in [2.05, 4.69) is 10.2 Å². The van der Waals surface area contributed by atoms with E-state index in [1.807, 2.05) is 35.9 Å². The van der Waals surface area contributed by atoms with E-state index >= 15 is 0 Å². The Balaban J connectivity index is 1.79. The van der Waals surface area contributed by atoms with Gasteiger partial charge in [0.05, 0.1) is 0 Å². The summed E-state index contributed by atoms with van der Waals surface area (Å²) in [6.45, 7) is 0. The monoisotopic (exact) mass is 314 g/mol. The highest BCUT2D eigenvalue weighted by atomic mass is 32.2. The van der Waals surface area contributed by atoms with Crippen molar-refractivity contribution in [1.29, 1.82) is 0 Å². The average molecular weight is 314 g/mol. The largest absolute Gasteiger partial charge is 0.398 e. The van der Waals surface area contributed by atoms with Crippen molar-refractivity contribution in [3.63, 3.8) is 0 Å². The van der Waals surface area contributed by atoms with Crippen LogP contribution in [0.3, 0.4) is 0 Å². The predicted octanol–water partition coefficient (Wildman–Crippen LogP) is 3.50. The number of para-hydroxylation sites is 1. The molecular formula is C16H15FN4S. The minimum Gasteiger partial charge on any atom is -0.398 e. The highest BCUT2D eigenvalue weighted by molar-refractivity contribution is 7.98. The molecule has 0 saturated carbocycles. The second-order valence-electron chi connectivity index (χ2n) is 4.87. The molecule has 0 radical (unpaired) electrons. The maximum atomic E-state index is 12.9. The number of nitrogens with zero attached hydrogens (tertiary/aromatic N) is 3.